The third kappa shape index (κ3) is 3.57. The van der Waals surface area contributed by atoms with Crippen LogP contribution in [0.1, 0.15) is 18.9 Å². The van der Waals surface area contributed by atoms with Crippen LogP contribution in [-0.4, -0.2) is 30.4 Å². The lowest BCUT2D eigenvalue weighted by molar-refractivity contribution is -0.156. The Morgan fingerprint density at radius 1 is 1.30 bits per heavy atom. The number of rotatable bonds is 5. The molecule has 0 aromatic heterocycles. The van der Waals surface area contributed by atoms with Gasteiger partial charge >= 0.3 is 11.9 Å². The van der Waals surface area contributed by atoms with E-state index < -0.39 is 18.0 Å². The number of esters is 2. The maximum atomic E-state index is 11.8. The summed E-state index contributed by atoms with van der Waals surface area (Å²) in [6.45, 7) is 2.11. The van der Waals surface area contributed by atoms with Gasteiger partial charge in [0.1, 0.15) is 6.61 Å². The number of ether oxygens (including phenoxy) is 2. The SMILES string of the molecule is CCOC(=O)C1=NOC(C(=O)OCc2ccccc2)C1. The van der Waals surface area contributed by atoms with Crippen LogP contribution < -0.4 is 0 Å². The van der Waals surface area contributed by atoms with Crippen molar-refractivity contribution in [1.82, 2.24) is 0 Å². The molecule has 20 heavy (non-hydrogen) atoms. The average molecular weight is 277 g/mol. The van der Waals surface area contributed by atoms with E-state index >= 15 is 0 Å². The van der Waals surface area contributed by atoms with E-state index in [9.17, 15) is 9.59 Å². The van der Waals surface area contributed by atoms with E-state index in [4.69, 9.17) is 14.3 Å². The fourth-order valence-corrected chi connectivity index (χ4v) is 1.66. The van der Waals surface area contributed by atoms with Crippen LogP contribution in [0.25, 0.3) is 0 Å². The monoisotopic (exact) mass is 277 g/mol. The maximum Gasteiger partial charge on any atom is 0.356 e. The van der Waals surface area contributed by atoms with E-state index in [-0.39, 0.29) is 25.3 Å². The molecule has 0 N–H and O–H groups in total. The standard InChI is InChI=1S/C14H15NO5/c1-2-18-13(16)11-8-12(20-15-11)14(17)19-9-10-6-4-3-5-7-10/h3-7,12H,2,8-9H2,1H3. The highest BCUT2D eigenvalue weighted by atomic mass is 16.7. The summed E-state index contributed by atoms with van der Waals surface area (Å²) in [5.74, 6) is -1.11. The van der Waals surface area contributed by atoms with Crippen LogP contribution in [0.15, 0.2) is 35.5 Å². The Bertz CT molecular complexity index is 512. The molecule has 6 heteroatoms. The zero-order chi connectivity index (χ0) is 14.4. The molecular formula is C14H15NO5. The fraction of sp³-hybridized carbons (Fsp3) is 0.357. The highest BCUT2D eigenvalue weighted by Crippen LogP contribution is 2.14. The summed E-state index contributed by atoms with van der Waals surface area (Å²) in [5.41, 5.74) is 0.985. The van der Waals surface area contributed by atoms with Gasteiger partial charge in [0.2, 0.25) is 6.10 Å². The number of hydrogen-bond donors (Lipinski definition) is 0. The smallest absolute Gasteiger partial charge is 0.356 e. The van der Waals surface area contributed by atoms with Crippen LogP contribution >= 0.6 is 0 Å². The second-order valence-corrected chi connectivity index (χ2v) is 4.15. The van der Waals surface area contributed by atoms with E-state index in [1.165, 1.54) is 0 Å². The van der Waals surface area contributed by atoms with Gasteiger partial charge in [-0.3, -0.25) is 0 Å². The Morgan fingerprint density at radius 3 is 2.75 bits per heavy atom. The van der Waals surface area contributed by atoms with Crippen molar-refractivity contribution in [1.29, 1.82) is 0 Å². The van der Waals surface area contributed by atoms with Crippen molar-refractivity contribution in [3.63, 3.8) is 0 Å². The van der Waals surface area contributed by atoms with Gasteiger partial charge in [-0.25, -0.2) is 9.59 Å². The molecule has 0 spiro atoms. The highest BCUT2D eigenvalue weighted by Gasteiger charge is 2.33. The second-order valence-electron chi connectivity index (χ2n) is 4.15. The van der Waals surface area contributed by atoms with Crippen molar-refractivity contribution < 1.29 is 23.9 Å². The molecule has 0 aliphatic carbocycles. The number of oxime groups is 1. The normalized spacial score (nSPS) is 17.1. The molecule has 1 aliphatic rings. The number of carbonyl (C=O) groups is 2. The van der Waals surface area contributed by atoms with Gasteiger partial charge in [0.25, 0.3) is 0 Å². The predicted octanol–water partition coefficient (Wildman–Crippen LogP) is 1.44. The van der Waals surface area contributed by atoms with Crippen LogP contribution in [0.3, 0.4) is 0 Å². The van der Waals surface area contributed by atoms with Gasteiger partial charge in [0.15, 0.2) is 5.71 Å². The van der Waals surface area contributed by atoms with Crippen LogP contribution in [0.2, 0.25) is 0 Å². The summed E-state index contributed by atoms with van der Waals surface area (Å²) in [6.07, 6.45) is -0.801. The summed E-state index contributed by atoms with van der Waals surface area (Å²) < 4.78 is 9.89. The molecule has 0 radical (unpaired) electrons. The molecule has 1 unspecified atom stereocenters. The molecule has 0 bridgehead atoms. The van der Waals surface area contributed by atoms with Crippen molar-refractivity contribution in [3.05, 3.63) is 35.9 Å². The molecule has 0 saturated carbocycles. The van der Waals surface area contributed by atoms with Gasteiger partial charge in [-0.05, 0) is 12.5 Å². The zero-order valence-corrected chi connectivity index (χ0v) is 11.1. The minimum absolute atomic E-state index is 0.0758. The van der Waals surface area contributed by atoms with Gasteiger partial charge in [0, 0.05) is 0 Å². The van der Waals surface area contributed by atoms with Crippen molar-refractivity contribution in [2.24, 2.45) is 5.16 Å². The molecule has 1 atom stereocenters. The first kappa shape index (κ1) is 14.0. The first-order valence-corrected chi connectivity index (χ1v) is 6.31. The Labute approximate surface area is 116 Å². The number of carbonyl (C=O) groups excluding carboxylic acids is 2. The van der Waals surface area contributed by atoms with Crippen molar-refractivity contribution in [2.45, 2.75) is 26.1 Å². The van der Waals surface area contributed by atoms with Gasteiger partial charge in [-0.1, -0.05) is 35.5 Å². The van der Waals surface area contributed by atoms with Gasteiger partial charge in [-0.2, -0.15) is 0 Å². The quantitative estimate of drug-likeness (QED) is 0.761. The number of hydrogen-bond acceptors (Lipinski definition) is 6. The summed E-state index contributed by atoms with van der Waals surface area (Å²) in [7, 11) is 0. The van der Waals surface area contributed by atoms with Gasteiger partial charge in [0.05, 0.1) is 13.0 Å². The van der Waals surface area contributed by atoms with Crippen LogP contribution in [0.5, 0.6) is 0 Å². The van der Waals surface area contributed by atoms with Gasteiger partial charge < -0.3 is 14.3 Å². The first-order valence-electron chi connectivity index (χ1n) is 6.31. The summed E-state index contributed by atoms with van der Waals surface area (Å²) >= 11 is 0. The van der Waals surface area contributed by atoms with E-state index in [0.717, 1.165) is 5.56 Å². The first-order chi connectivity index (χ1) is 9.70. The molecule has 2 rings (SSSR count). The molecule has 1 aromatic carbocycles. The molecule has 0 saturated heterocycles. The fourth-order valence-electron chi connectivity index (χ4n) is 1.66. The predicted molar refractivity (Wildman–Crippen MR) is 69.8 cm³/mol. The minimum atomic E-state index is -0.877. The lowest BCUT2D eigenvalue weighted by Crippen LogP contribution is -2.25. The largest absolute Gasteiger partial charge is 0.461 e. The molecular weight excluding hydrogens is 262 g/mol. The van der Waals surface area contributed by atoms with E-state index in [1.807, 2.05) is 30.3 Å². The minimum Gasteiger partial charge on any atom is -0.461 e. The lowest BCUT2D eigenvalue weighted by atomic mass is 10.2. The Hall–Kier alpha value is -2.37. The van der Waals surface area contributed by atoms with Crippen molar-refractivity contribution in [3.8, 4) is 0 Å². The highest BCUT2D eigenvalue weighted by molar-refractivity contribution is 6.37. The Morgan fingerprint density at radius 2 is 2.05 bits per heavy atom. The van der Waals surface area contributed by atoms with E-state index in [1.54, 1.807) is 6.92 Å². The van der Waals surface area contributed by atoms with Crippen molar-refractivity contribution >= 4 is 17.7 Å². The average Bonchev–Trinajstić information content (AvgIpc) is 2.96. The maximum absolute atomic E-state index is 11.8. The molecule has 1 heterocycles. The summed E-state index contributed by atoms with van der Waals surface area (Å²) in [5, 5.41) is 3.55. The van der Waals surface area contributed by atoms with Gasteiger partial charge in [-0.15, -0.1) is 0 Å². The molecule has 0 amide bonds. The third-order valence-corrected chi connectivity index (χ3v) is 2.67. The van der Waals surface area contributed by atoms with Crippen LogP contribution in [0.4, 0.5) is 0 Å². The number of benzene rings is 1. The molecule has 1 aliphatic heterocycles. The molecule has 106 valence electrons. The molecule has 6 nitrogen and oxygen atoms in total. The molecule has 0 fully saturated rings. The second kappa shape index (κ2) is 6.70. The Balaban J connectivity index is 1.80. The van der Waals surface area contributed by atoms with E-state index in [0.29, 0.717) is 0 Å². The lowest BCUT2D eigenvalue weighted by Gasteiger charge is -2.08. The zero-order valence-electron chi connectivity index (χ0n) is 11.1. The van der Waals surface area contributed by atoms with Crippen LogP contribution in [-0.2, 0) is 30.5 Å². The Kier molecular flexibility index (Phi) is 4.70. The number of nitrogens with zero attached hydrogens (tertiary/aromatic N) is 1. The topological polar surface area (TPSA) is 74.2 Å². The third-order valence-electron chi connectivity index (χ3n) is 2.67. The van der Waals surface area contributed by atoms with Crippen LogP contribution in [0, 0.1) is 0 Å². The van der Waals surface area contributed by atoms with E-state index in [2.05, 4.69) is 5.16 Å². The molecule has 1 aromatic rings. The van der Waals surface area contributed by atoms with Crippen molar-refractivity contribution in [2.75, 3.05) is 6.61 Å². The summed E-state index contributed by atoms with van der Waals surface area (Å²) in [6, 6.07) is 9.30. The summed E-state index contributed by atoms with van der Waals surface area (Å²) in [4.78, 5) is 28.1.